The van der Waals surface area contributed by atoms with Crippen LogP contribution in [0.4, 0.5) is 0 Å². The molecule has 0 saturated carbocycles. The van der Waals surface area contributed by atoms with Crippen molar-refractivity contribution in [2.75, 3.05) is 19.6 Å². The Morgan fingerprint density at radius 1 is 1.39 bits per heavy atom. The molecule has 0 spiro atoms. The first-order chi connectivity index (χ1) is 8.38. The minimum Gasteiger partial charge on any atom is -0.330 e. The lowest BCUT2D eigenvalue weighted by Gasteiger charge is -2.31. The SMILES string of the molecule is CCCN(Cc1cc(Br)c(Br)s1)CC(C)(C)CN. The van der Waals surface area contributed by atoms with Crippen molar-refractivity contribution in [3.63, 3.8) is 0 Å². The Labute approximate surface area is 131 Å². The number of hydrogen-bond donors (Lipinski definition) is 1. The van der Waals surface area contributed by atoms with Crippen molar-refractivity contribution in [3.8, 4) is 0 Å². The highest BCUT2D eigenvalue weighted by molar-refractivity contribution is 9.13. The molecule has 1 aromatic heterocycles. The van der Waals surface area contributed by atoms with Crippen molar-refractivity contribution in [1.82, 2.24) is 4.90 Å². The molecule has 2 nitrogen and oxygen atoms in total. The Bertz CT molecular complexity index is 358. The first-order valence-electron chi connectivity index (χ1n) is 6.24. The van der Waals surface area contributed by atoms with E-state index in [2.05, 4.69) is 63.6 Å². The molecule has 0 aliphatic rings. The predicted molar refractivity (Wildman–Crippen MR) is 88.1 cm³/mol. The van der Waals surface area contributed by atoms with Crippen LogP contribution in [0.15, 0.2) is 14.3 Å². The number of thiophene rings is 1. The van der Waals surface area contributed by atoms with E-state index in [1.807, 2.05) is 0 Å². The molecule has 1 aromatic rings. The molecule has 0 radical (unpaired) electrons. The van der Waals surface area contributed by atoms with Crippen molar-refractivity contribution in [2.24, 2.45) is 11.1 Å². The zero-order valence-corrected chi connectivity index (χ0v) is 15.3. The highest BCUT2D eigenvalue weighted by Gasteiger charge is 2.20. The summed E-state index contributed by atoms with van der Waals surface area (Å²) >= 11 is 8.90. The Morgan fingerprint density at radius 3 is 2.50 bits per heavy atom. The highest BCUT2D eigenvalue weighted by atomic mass is 79.9. The molecule has 0 aliphatic carbocycles. The molecule has 0 amide bonds. The second-order valence-electron chi connectivity index (χ2n) is 5.41. The van der Waals surface area contributed by atoms with Crippen molar-refractivity contribution < 1.29 is 0 Å². The van der Waals surface area contributed by atoms with Crippen LogP contribution >= 0.6 is 43.2 Å². The maximum absolute atomic E-state index is 5.83. The van der Waals surface area contributed by atoms with Crippen molar-refractivity contribution in [1.29, 1.82) is 0 Å². The average Bonchev–Trinajstić information content (AvgIpc) is 2.58. The third kappa shape index (κ3) is 5.29. The van der Waals surface area contributed by atoms with Crippen molar-refractivity contribution in [2.45, 2.75) is 33.7 Å². The first kappa shape index (κ1) is 16.6. The van der Waals surface area contributed by atoms with E-state index in [1.54, 1.807) is 11.3 Å². The normalized spacial score (nSPS) is 12.4. The summed E-state index contributed by atoms with van der Waals surface area (Å²) in [6.07, 6.45) is 1.17. The van der Waals surface area contributed by atoms with Gasteiger partial charge in [-0.2, -0.15) is 0 Å². The number of halogens is 2. The van der Waals surface area contributed by atoms with E-state index in [9.17, 15) is 0 Å². The van der Waals surface area contributed by atoms with Gasteiger partial charge in [0, 0.05) is 22.4 Å². The summed E-state index contributed by atoms with van der Waals surface area (Å²) in [5.41, 5.74) is 6.01. The third-order valence-electron chi connectivity index (χ3n) is 2.82. The van der Waals surface area contributed by atoms with E-state index in [0.29, 0.717) is 0 Å². The van der Waals surface area contributed by atoms with Gasteiger partial charge in [0.1, 0.15) is 0 Å². The Kier molecular flexibility index (Phi) is 6.83. The lowest BCUT2D eigenvalue weighted by Crippen LogP contribution is -2.38. The topological polar surface area (TPSA) is 29.3 Å². The van der Waals surface area contributed by atoms with Crippen molar-refractivity contribution in [3.05, 3.63) is 19.2 Å². The first-order valence-corrected chi connectivity index (χ1v) is 8.64. The van der Waals surface area contributed by atoms with Crippen LogP contribution in [0, 0.1) is 5.41 Å². The summed E-state index contributed by atoms with van der Waals surface area (Å²) in [6.45, 7) is 10.6. The van der Waals surface area contributed by atoms with E-state index in [1.165, 1.54) is 15.1 Å². The van der Waals surface area contributed by atoms with Crippen LogP contribution in [-0.2, 0) is 6.54 Å². The molecule has 0 unspecified atom stereocenters. The van der Waals surface area contributed by atoms with Crippen LogP contribution in [0.3, 0.4) is 0 Å². The molecular weight excluding hydrogens is 376 g/mol. The summed E-state index contributed by atoms with van der Waals surface area (Å²) in [5, 5.41) is 0. The van der Waals surface area contributed by atoms with E-state index in [0.717, 1.165) is 30.7 Å². The second kappa shape index (κ2) is 7.39. The van der Waals surface area contributed by atoms with Gasteiger partial charge in [-0.05, 0) is 62.9 Å². The minimum absolute atomic E-state index is 0.181. The molecule has 0 aromatic carbocycles. The Balaban J connectivity index is 2.68. The minimum atomic E-state index is 0.181. The van der Waals surface area contributed by atoms with Gasteiger partial charge in [0.15, 0.2) is 0 Å². The zero-order valence-electron chi connectivity index (χ0n) is 11.3. The number of nitrogens with zero attached hydrogens (tertiary/aromatic N) is 1. The van der Waals surface area contributed by atoms with E-state index in [4.69, 9.17) is 5.73 Å². The highest BCUT2D eigenvalue weighted by Crippen LogP contribution is 2.33. The quantitative estimate of drug-likeness (QED) is 0.735. The number of rotatable bonds is 7. The van der Waals surface area contributed by atoms with E-state index < -0.39 is 0 Å². The van der Waals surface area contributed by atoms with Gasteiger partial charge >= 0.3 is 0 Å². The average molecular weight is 398 g/mol. The van der Waals surface area contributed by atoms with Gasteiger partial charge in [0.2, 0.25) is 0 Å². The van der Waals surface area contributed by atoms with Gasteiger partial charge in [-0.1, -0.05) is 20.8 Å². The van der Waals surface area contributed by atoms with Gasteiger partial charge in [-0.25, -0.2) is 0 Å². The molecular formula is C13H22Br2N2S. The van der Waals surface area contributed by atoms with Crippen LogP contribution in [0.2, 0.25) is 0 Å². The lowest BCUT2D eigenvalue weighted by molar-refractivity contribution is 0.177. The Hall–Kier alpha value is 0.580. The molecule has 1 heterocycles. The van der Waals surface area contributed by atoms with Gasteiger partial charge in [0.25, 0.3) is 0 Å². The van der Waals surface area contributed by atoms with Crippen LogP contribution in [0.25, 0.3) is 0 Å². The van der Waals surface area contributed by atoms with E-state index >= 15 is 0 Å². The molecule has 104 valence electrons. The zero-order chi connectivity index (χ0) is 13.8. The van der Waals surface area contributed by atoms with Crippen LogP contribution < -0.4 is 5.73 Å². The molecule has 0 bridgehead atoms. The summed E-state index contributed by atoms with van der Waals surface area (Å²) in [6, 6.07) is 2.20. The lowest BCUT2D eigenvalue weighted by atomic mass is 9.93. The monoisotopic (exact) mass is 396 g/mol. The molecule has 0 aliphatic heterocycles. The summed E-state index contributed by atoms with van der Waals surface area (Å²) in [7, 11) is 0. The molecule has 18 heavy (non-hydrogen) atoms. The smallest absolute Gasteiger partial charge is 0.0843 e. The molecule has 5 heteroatoms. The number of nitrogens with two attached hydrogens (primary N) is 1. The molecule has 0 atom stereocenters. The summed E-state index contributed by atoms with van der Waals surface area (Å²) in [4.78, 5) is 3.88. The van der Waals surface area contributed by atoms with Crippen molar-refractivity contribution >= 4 is 43.2 Å². The Morgan fingerprint density at radius 2 is 2.06 bits per heavy atom. The second-order valence-corrected chi connectivity index (χ2v) is 8.72. The largest absolute Gasteiger partial charge is 0.330 e. The standard InChI is InChI=1S/C13H22Br2N2S/c1-4-5-17(9-13(2,3)8-16)7-10-6-11(14)12(15)18-10/h6H,4-5,7-9,16H2,1-3H3. The fourth-order valence-electron chi connectivity index (χ4n) is 1.89. The van der Waals surface area contributed by atoms with Gasteiger partial charge in [0.05, 0.1) is 3.79 Å². The van der Waals surface area contributed by atoms with Crippen LogP contribution in [0.1, 0.15) is 32.1 Å². The van der Waals surface area contributed by atoms with E-state index in [-0.39, 0.29) is 5.41 Å². The fourth-order valence-corrected chi connectivity index (χ4v) is 4.11. The maximum atomic E-state index is 5.83. The number of hydrogen-bond acceptors (Lipinski definition) is 3. The van der Waals surface area contributed by atoms with Gasteiger partial charge in [-0.3, -0.25) is 4.90 Å². The van der Waals surface area contributed by atoms with Crippen LogP contribution in [-0.4, -0.2) is 24.5 Å². The molecule has 1 rings (SSSR count). The van der Waals surface area contributed by atoms with Gasteiger partial charge in [-0.15, -0.1) is 11.3 Å². The predicted octanol–water partition coefficient (Wildman–Crippen LogP) is 4.47. The summed E-state index contributed by atoms with van der Waals surface area (Å²) < 4.78 is 2.32. The fraction of sp³-hybridized carbons (Fsp3) is 0.692. The third-order valence-corrected chi connectivity index (χ3v) is 6.06. The van der Waals surface area contributed by atoms with Gasteiger partial charge < -0.3 is 5.73 Å². The molecule has 0 saturated heterocycles. The van der Waals surface area contributed by atoms with Crippen LogP contribution in [0.5, 0.6) is 0 Å². The summed E-state index contributed by atoms with van der Waals surface area (Å²) in [5.74, 6) is 0. The molecule has 0 fully saturated rings. The molecule has 2 N–H and O–H groups in total. The maximum Gasteiger partial charge on any atom is 0.0843 e.